The van der Waals surface area contributed by atoms with E-state index >= 15 is 0 Å². The quantitative estimate of drug-likeness (QED) is 0.868. The average molecular weight is 318 g/mol. The summed E-state index contributed by atoms with van der Waals surface area (Å²) >= 11 is 4.82. The summed E-state index contributed by atoms with van der Waals surface area (Å²) < 4.78 is 0.983. The van der Waals surface area contributed by atoms with Crippen LogP contribution >= 0.6 is 27.3 Å². The van der Waals surface area contributed by atoms with Crippen LogP contribution in [0.4, 0.5) is 0 Å². The number of thiophene rings is 1. The van der Waals surface area contributed by atoms with E-state index in [4.69, 9.17) is 5.11 Å². The molecule has 0 aliphatic rings. The molecule has 0 aliphatic heterocycles. The molecule has 0 fully saturated rings. The second kappa shape index (κ2) is 5.97. The molecule has 0 saturated carbocycles. The monoisotopic (exact) mass is 317 g/mol. The fourth-order valence-electron chi connectivity index (χ4n) is 1.05. The Kier molecular flexibility index (Phi) is 4.89. The Hall–Kier alpha value is -1.14. The molecule has 1 N–H and O–H groups in total. The second-order valence-corrected chi connectivity index (χ2v) is 5.93. The fourth-order valence-corrected chi connectivity index (χ4v) is 2.37. The van der Waals surface area contributed by atoms with E-state index in [1.165, 1.54) is 36.3 Å². The standard InChI is InChI=1S/C11H12BrNO3S/c1-7(11(15)16)13(2)10(14)6-4-8-3-5-9(12)17-8/h3-7H,1-2H3,(H,15,16). The minimum atomic E-state index is -1.02. The van der Waals surface area contributed by atoms with Crippen LogP contribution in [0.25, 0.3) is 6.08 Å². The molecule has 0 aliphatic carbocycles. The minimum Gasteiger partial charge on any atom is -0.480 e. The molecule has 4 nitrogen and oxygen atoms in total. The van der Waals surface area contributed by atoms with Crippen LogP contribution in [0.2, 0.25) is 0 Å². The van der Waals surface area contributed by atoms with E-state index in [-0.39, 0.29) is 5.91 Å². The molecular formula is C11H12BrNO3S. The number of carboxylic acids is 1. The van der Waals surface area contributed by atoms with Crippen LogP contribution < -0.4 is 0 Å². The number of likely N-dealkylation sites (N-methyl/N-ethyl adjacent to an activating group) is 1. The summed E-state index contributed by atoms with van der Waals surface area (Å²) in [5, 5.41) is 8.77. The number of halogens is 1. The van der Waals surface area contributed by atoms with E-state index < -0.39 is 12.0 Å². The summed E-state index contributed by atoms with van der Waals surface area (Å²) in [5.74, 6) is -1.35. The number of carboxylic acid groups (broad SMARTS) is 1. The van der Waals surface area contributed by atoms with Crippen LogP contribution in [0.3, 0.4) is 0 Å². The van der Waals surface area contributed by atoms with Crippen molar-refractivity contribution < 1.29 is 14.7 Å². The SMILES string of the molecule is CC(C(=O)O)N(C)C(=O)C=Cc1ccc(Br)s1. The van der Waals surface area contributed by atoms with Gasteiger partial charge in [0.05, 0.1) is 3.79 Å². The Bertz CT molecular complexity index is 455. The molecule has 0 aromatic carbocycles. The Morgan fingerprint density at radius 2 is 2.18 bits per heavy atom. The molecule has 1 heterocycles. The van der Waals surface area contributed by atoms with Gasteiger partial charge in [-0.1, -0.05) is 0 Å². The first kappa shape index (κ1) is 13.9. The van der Waals surface area contributed by atoms with Gasteiger partial charge >= 0.3 is 5.97 Å². The van der Waals surface area contributed by atoms with Crippen molar-refractivity contribution in [2.75, 3.05) is 7.05 Å². The van der Waals surface area contributed by atoms with Gasteiger partial charge in [-0.3, -0.25) is 4.79 Å². The van der Waals surface area contributed by atoms with Crippen LogP contribution in [-0.4, -0.2) is 35.0 Å². The van der Waals surface area contributed by atoms with Gasteiger partial charge < -0.3 is 10.0 Å². The number of carbonyl (C=O) groups is 2. The Morgan fingerprint density at radius 3 is 2.65 bits per heavy atom. The third kappa shape index (κ3) is 3.98. The molecule has 1 aromatic rings. The van der Waals surface area contributed by atoms with E-state index in [0.717, 1.165) is 8.66 Å². The van der Waals surface area contributed by atoms with Crippen molar-refractivity contribution in [3.63, 3.8) is 0 Å². The number of carbonyl (C=O) groups excluding carboxylic acids is 1. The molecule has 92 valence electrons. The van der Waals surface area contributed by atoms with Crippen molar-refractivity contribution in [3.8, 4) is 0 Å². The Labute approximate surface area is 112 Å². The number of nitrogens with zero attached hydrogens (tertiary/aromatic N) is 1. The van der Waals surface area contributed by atoms with Gasteiger partial charge in [0.2, 0.25) is 5.91 Å². The number of hydrogen-bond acceptors (Lipinski definition) is 3. The zero-order valence-corrected chi connectivity index (χ0v) is 11.8. The second-order valence-electron chi connectivity index (χ2n) is 3.44. The maximum Gasteiger partial charge on any atom is 0.326 e. The molecule has 0 bridgehead atoms. The number of hydrogen-bond donors (Lipinski definition) is 1. The van der Waals surface area contributed by atoms with Crippen molar-refractivity contribution in [3.05, 3.63) is 26.9 Å². The molecule has 1 unspecified atom stereocenters. The maximum atomic E-state index is 11.6. The van der Waals surface area contributed by atoms with Gasteiger partial charge in [-0.2, -0.15) is 0 Å². The number of rotatable bonds is 4. The number of aliphatic carboxylic acids is 1. The molecule has 6 heteroatoms. The van der Waals surface area contributed by atoms with E-state index in [9.17, 15) is 9.59 Å². The largest absolute Gasteiger partial charge is 0.480 e. The van der Waals surface area contributed by atoms with Crippen molar-refractivity contribution in [1.29, 1.82) is 0 Å². The summed E-state index contributed by atoms with van der Waals surface area (Å²) in [6, 6.07) is 2.93. The molecule has 1 aromatic heterocycles. The zero-order chi connectivity index (χ0) is 13.0. The molecule has 0 spiro atoms. The van der Waals surface area contributed by atoms with E-state index in [1.54, 1.807) is 6.08 Å². The molecule has 1 amide bonds. The van der Waals surface area contributed by atoms with Crippen molar-refractivity contribution in [2.24, 2.45) is 0 Å². The normalized spacial score (nSPS) is 12.6. The smallest absolute Gasteiger partial charge is 0.326 e. The predicted molar refractivity (Wildman–Crippen MR) is 70.9 cm³/mol. The zero-order valence-electron chi connectivity index (χ0n) is 9.38. The molecule has 17 heavy (non-hydrogen) atoms. The summed E-state index contributed by atoms with van der Waals surface area (Å²) in [6.07, 6.45) is 3.04. The molecule has 1 rings (SSSR count). The van der Waals surface area contributed by atoms with E-state index in [1.807, 2.05) is 12.1 Å². The lowest BCUT2D eigenvalue weighted by molar-refractivity contribution is -0.146. The lowest BCUT2D eigenvalue weighted by Crippen LogP contribution is -2.39. The number of amides is 1. The topological polar surface area (TPSA) is 57.6 Å². The van der Waals surface area contributed by atoms with Gasteiger partial charge in [0.1, 0.15) is 6.04 Å². The minimum absolute atomic E-state index is 0.329. The molecule has 0 radical (unpaired) electrons. The van der Waals surface area contributed by atoms with Crippen molar-refractivity contribution in [1.82, 2.24) is 4.90 Å². The predicted octanol–water partition coefficient (Wildman–Crippen LogP) is 2.46. The van der Waals surface area contributed by atoms with E-state index in [2.05, 4.69) is 15.9 Å². The first-order valence-electron chi connectivity index (χ1n) is 4.85. The van der Waals surface area contributed by atoms with Crippen LogP contribution in [0.5, 0.6) is 0 Å². The van der Waals surface area contributed by atoms with Gasteiger partial charge in [0, 0.05) is 18.0 Å². The highest BCUT2D eigenvalue weighted by atomic mass is 79.9. The van der Waals surface area contributed by atoms with Crippen molar-refractivity contribution in [2.45, 2.75) is 13.0 Å². The van der Waals surface area contributed by atoms with Crippen molar-refractivity contribution >= 4 is 45.2 Å². The van der Waals surface area contributed by atoms with Gasteiger partial charge in [0.25, 0.3) is 0 Å². The van der Waals surface area contributed by atoms with Gasteiger partial charge in [-0.25, -0.2) is 4.79 Å². The molecular weight excluding hydrogens is 306 g/mol. The third-order valence-electron chi connectivity index (χ3n) is 2.27. The van der Waals surface area contributed by atoms with Gasteiger partial charge in [-0.15, -0.1) is 11.3 Å². The summed E-state index contributed by atoms with van der Waals surface area (Å²) in [4.78, 5) is 24.5. The molecule has 0 saturated heterocycles. The Balaban J connectivity index is 2.66. The average Bonchev–Trinajstić information content (AvgIpc) is 2.69. The molecule has 1 atom stereocenters. The van der Waals surface area contributed by atoms with Crippen LogP contribution in [-0.2, 0) is 9.59 Å². The van der Waals surface area contributed by atoms with Crippen LogP contribution in [0, 0.1) is 0 Å². The van der Waals surface area contributed by atoms with E-state index in [0.29, 0.717) is 0 Å². The maximum absolute atomic E-state index is 11.6. The summed E-state index contributed by atoms with van der Waals surface area (Å²) in [6.45, 7) is 1.47. The van der Waals surface area contributed by atoms with Gasteiger partial charge in [0.15, 0.2) is 0 Å². The highest BCUT2D eigenvalue weighted by Gasteiger charge is 2.19. The fraction of sp³-hybridized carbons (Fsp3) is 0.273. The first-order valence-corrected chi connectivity index (χ1v) is 6.45. The van der Waals surface area contributed by atoms with Gasteiger partial charge in [-0.05, 0) is 41.1 Å². The summed E-state index contributed by atoms with van der Waals surface area (Å²) in [5.41, 5.74) is 0. The van der Waals surface area contributed by atoms with Crippen LogP contribution in [0.1, 0.15) is 11.8 Å². The van der Waals surface area contributed by atoms with Crippen LogP contribution in [0.15, 0.2) is 22.0 Å². The Morgan fingerprint density at radius 1 is 1.53 bits per heavy atom. The highest BCUT2D eigenvalue weighted by Crippen LogP contribution is 2.23. The first-order chi connectivity index (χ1) is 7.91. The summed E-state index contributed by atoms with van der Waals surface area (Å²) in [7, 11) is 1.47. The third-order valence-corrected chi connectivity index (χ3v) is 3.86. The lowest BCUT2D eigenvalue weighted by Gasteiger charge is -2.19. The highest BCUT2D eigenvalue weighted by molar-refractivity contribution is 9.11. The lowest BCUT2D eigenvalue weighted by atomic mass is 10.3.